The molecule has 0 unspecified atom stereocenters. The van der Waals surface area contributed by atoms with E-state index in [1.165, 1.54) is 18.2 Å². The Morgan fingerprint density at radius 2 is 0.913 bits per heavy atom. The maximum absolute atomic E-state index is 15.8. The molecule has 0 atom stereocenters. The highest BCUT2D eigenvalue weighted by Crippen LogP contribution is 2.46. The fourth-order valence-corrected chi connectivity index (χ4v) is 6.85. The van der Waals surface area contributed by atoms with E-state index in [9.17, 15) is 0 Å². The zero-order valence-corrected chi connectivity index (χ0v) is 24.8. The summed E-state index contributed by atoms with van der Waals surface area (Å²) >= 11 is 0. The van der Waals surface area contributed by atoms with Crippen LogP contribution in [0.1, 0.15) is 16.7 Å². The zero-order chi connectivity index (χ0) is 31.9. The van der Waals surface area contributed by atoms with Crippen LogP contribution in [0.4, 0.5) is 22.0 Å². The highest BCUT2D eigenvalue weighted by Gasteiger charge is 2.40. The number of halogens is 5. The number of para-hydroxylation sites is 2. The third-order valence-corrected chi connectivity index (χ3v) is 8.77. The first-order valence-electron chi connectivity index (χ1n) is 14.8. The zero-order valence-electron chi connectivity index (χ0n) is 24.8. The van der Waals surface area contributed by atoms with Crippen molar-refractivity contribution < 1.29 is 22.0 Å². The van der Waals surface area contributed by atoms with Crippen LogP contribution in [0.3, 0.4) is 0 Å². The molecule has 0 saturated heterocycles. The Morgan fingerprint density at radius 3 is 1.37 bits per heavy atom. The van der Waals surface area contributed by atoms with Crippen molar-refractivity contribution in [1.82, 2.24) is 9.13 Å². The summed E-state index contributed by atoms with van der Waals surface area (Å²) in [5.41, 5.74) is 2.16. The second-order valence-corrected chi connectivity index (χ2v) is 11.7. The Labute approximate surface area is 260 Å². The number of alkyl halides is 3. The first-order chi connectivity index (χ1) is 22.1. The summed E-state index contributed by atoms with van der Waals surface area (Å²) in [6, 6.07) is 31.8. The third-order valence-electron chi connectivity index (χ3n) is 8.77. The van der Waals surface area contributed by atoms with Gasteiger partial charge in [-0.25, -0.2) is 8.78 Å². The Kier molecular flexibility index (Phi) is 6.13. The average molecular weight is 617 g/mol. The van der Waals surface area contributed by atoms with E-state index >= 15 is 22.0 Å². The molecule has 2 aromatic heterocycles. The van der Waals surface area contributed by atoms with Crippen molar-refractivity contribution in [2.75, 3.05) is 0 Å². The lowest BCUT2D eigenvalue weighted by Gasteiger charge is -2.23. The Bertz CT molecular complexity index is 2350. The number of hydrogen-bond acceptors (Lipinski definition) is 0. The maximum atomic E-state index is 15.8. The summed E-state index contributed by atoms with van der Waals surface area (Å²) in [6.45, 7) is 3.76. The first kappa shape index (κ1) is 28.1. The third kappa shape index (κ3) is 4.15. The van der Waals surface area contributed by atoms with Crippen molar-refractivity contribution in [3.8, 4) is 22.5 Å². The summed E-state index contributed by atoms with van der Waals surface area (Å²) in [5, 5.41) is 3.07. The van der Waals surface area contributed by atoms with E-state index in [-0.39, 0.29) is 16.9 Å². The highest BCUT2D eigenvalue weighted by atomic mass is 19.4. The van der Waals surface area contributed by atoms with Crippen molar-refractivity contribution in [1.29, 1.82) is 0 Å². The van der Waals surface area contributed by atoms with Crippen LogP contribution in [0.15, 0.2) is 115 Å². The summed E-state index contributed by atoms with van der Waals surface area (Å²) in [4.78, 5) is 0. The molecule has 2 heterocycles. The summed E-state index contributed by atoms with van der Waals surface area (Å²) < 4.78 is 81.4. The molecule has 0 radical (unpaired) electrons. The molecule has 0 fully saturated rings. The molecule has 0 aliphatic carbocycles. The van der Waals surface area contributed by atoms with E-state index in [1.807, 2.05) is 74.5 Å². The summed E-state index contributed by atoms with van der Waals surface area (Å²) in [5.74, 6) is -1.74. The second kappa shape index (κ2) is 10.0. The van der Waals surface area contributed by atoms with Crippen LogP contribution in [-0.4, -0.2) is 9.13 Å². The van der Waals surface area contributed by atoms with Gasteiger partial charge in [0.1, 0.15) is 17.2 Å². The lowest BCUT2D eigenvalue weighted by atomic mass is 9.98. The van der Waals surface area contributed by atoms with E-state index in [1.54, 1.807) is 33.4 Å². The largest absolute Gasteiger partial charge is 0.420 e. The minimum absolute atomic E-state index is 0.00855. The topological polar surface area (TPSA) is 9.86 Å². The van der Waals surface area contributed by atoms with Gasteiger partial charge in [-0.2, -0.15) is 13.2 Å². The lowest BCUT2D eigenvalue weighted by molar-refractivity contribution is -0.137. The summed E-state index contributed by atoms with van der Waals surface area (Å²) in [7, 11) is 0. The number of aromatic nitrogens is 2. The van der Waals surface area contributed by atoms with E-state index in [2.05, 4.69) is 0 Å². The van der Waals surface area contributed by atoms with E-state index in [0.717, 1.165) is 44.8 Å². The van der Waals surface area contributed by atoms with Crippen LogP contribution in [-0.2, 0) is 6.18 Å². The van der Waals surface area contributed by atoms with Crippen LogP contribution in [0.5, 0.6) is 0 Å². The van der Waals surface area contributed by atoms with Crippen LogP contribution in [0.2, 0.25) is 0 Å². The van der Waals surface area contributed by atoms with Crippen molar-refractivity contribution in [2.45, 2.75) is 20.0 Å². The fourth-order valence-electron chi connectivity index (χ4n) is 6.85. The quantitative estimate of drug-likeness (QED) is 0.175. The van der Waals surface area contributed by atoms with Gasteiger partial charge in [-0.15, -0.1) is 0 Å². The molecule has 8 rings (SSSR count). The van der Waals surface area contributed by atoms with Gasteiger partial charge < -0.3 is 9.13 Å². The monoisotopic (exact) mass is 616 g/mol. The van der Waals surface area contributed by atoms with Crippen molar-refractivity contribution >= 4 is 43.6 Å². The van der Waals surface area contributed by atoms with Crippen molar-refractivity contribution in [3.05, 3.63) is 144 Å². The van der Waals surface area contributed by atoms with Crippen molar-refractivity contribution in [2.24, 2.45) is 0 Å². The van der Waals surface area contributed by atoms with Gasteiger partial charge in [-0.3, -0.25) is 0 Å². The number of aryl methyl sites for hydroxylation is 2. The van der Waals surface area contributed by atoms with Gasteiger partial charge in [0.2, 0.25) is 0 Å². The molecule has 0 aliphatic heterocycles. The molecule has 0 amide bonds. The van der Waals surface area contributed by atoms with Crippen LogP contribution in [0.25, 0.3) is 66.1 Å². The first-order valence-corrected chi connectivity index (χ1v) is 14.8. The van der Waals surface area contributed by atoms with Gasteiger partial charge >= 0.3 is 6.18 Å². The molecule has 6 aromatic carbocycles. The van der Waals surface area contributed by atoms with Gasteiger partial charge in [-0.1, -0.05) is 66.7 Å². The highest BCUT2D eigenvalue weighted by molar-refractivity contribution is 6.11. The second-order valence-electron chi connectivity index (χ2n) is 11.7. The SMILES string of the molecule is Cc1ccc2c3ccccc3n(-c3cc(-c4c(F)cccc4F)cc(-n4c5ccccc5c5ccc(C)cc54)c3C(F)(F)F)c2c1. The number of fused-ring (bicyclic) bond motifs is 6. The smallest absolute Gasteiger partial charge is 0.309 e. The molecule has 0 saturated carbocycles. The normalized spacial score (nSPS) is 12.2. The molecule has 7 heteroatoms. The van der Waals surface area contributed by atoms with Gasteiger partial charge in [0.15, 0.2) is 0 Å². The van der Waals surface area contributed by atoms with E-state index in [0.29, 0.717) is 22.1 Å². The number of hydrogen-bond donors (Lipinski definition) is 0. The number of nitrogens with zero attached hydrogens (tertiary/aromatic N) is 2. The molecular formula is C39H25F5N2. The van der Waals surface area contributed by atoms with E-state index in [4.69, 9.17) is 0 Å². The molecule has 0 spiro atoms. The minimum Gasteiger partial charge on any atom is -0.309 e. The Balaban J connectivity index is 1.64. The van der Waals surface area contributed by atoms with Crippen LogP contribution >= 0.6 is 0 Å². The maximum Gasteiger partial charge on any atom is 0.420 e. The molecule has 226 valence electrons. The minimum atomic E-state index is -4.86. The Morgan fingerprint density at radius 1 is 0.478 bits per heavy atom. The van der Waals surface area contributed by atoms with Gasteiger partial charge in [0.05, 0.1) is 39.0 Å². The average Bonchev–Trinajstić information content (AvgIpc) is 3.51. The number of benzene rings is 6. The number of rotatable bonds is 3. The predicted molar refractivity (Wildman–Crippen MR) is 175 cm³/mol. The molecule has 46 heavy (non-hydrogen) atoms. The van der Waals surface area contributed by atoms with Crippen LogP contribution < -0.4 is 0 Å². The van der Waals surface area contributed by atoms with Gasteiger partial charge in [0, 0.05) is 21.5 Å². The van der Waals surface area contributed by atoms with Crippen LogP contribution in [0, 0.1) is 25.5 Å². The van der Waals surface area contributed by atoms with Gasteiger partial charge in [0.25, 0.3) is 0 Å². The molecule has 2 nitrogen and oxygen atoms in total. The van der Waals surface area contributed by atoms with Gasteiger partial charge in [-0.05, 0) is 79.1 Å². The molecule has 8 aromatic rings. The lowest BCUT2D eigenvalue weighted by Crippen LogP contribution is -2.16. The molecule has 0 aliphatic rings. The summed E-state index contributed by atoms with van der Waals surface area (Å²) in [6.07, 6.45) is -4.86. The van der Waals surface area contributed by atoms with E-state index < -0.39 is 28.9 Å². The fraction of sp³-hybridized carbons (Fsp3) is 0.0769. The van der Waals surface area contributed by atoms with Crippen molar-refractivity contribution in [3.63, 3.8) is 0 Å². The molecular weight excluding hydrogens is 591 g/mol. The Hall–Kier alpha value is -5.43. The molecule has 0 bridgehead atoms. The predicted octanol–water partition coefficient (Wildman–Crippen LogP) is 11.5. The molecule has 0 N–H and O–H groups in total. The standard InChI is InChI=1S/C39H25F5N2/c1-22-14-16-27-25-8-3-5-12-31(25)45(33(27)18-22)35-20-24(37-29(40)10-7-11-30(37)41)21-36(38(35)39(42,43)44)46-32-13-6-4-9-26(32)28-17-15-23(2)19-34(28)46/h3-21H,1-2H3.